The predicted molar refractivity (Wildman–Crippen MR) is 61.8 cm³/mol. The van der Waals surface area contributed by atoms with Gasteiger partial charge in [-0.2, -0.15) is 0 Å². The van der Waals surface area contributed by atoms with Crippen LogP contribution in [-0.2, 0) is 6.54 Å². The van der Waals surface area contributed by atoms with Crippen LogP contribution >= 0.6 is 0 Å². The van der Waals surface area contributed by atoms with Gasteiger partial charge < -0.3 is 9.88 Å². The fraction of sp³-hybridized carbons (Fsp3) is 0.750. The molecule has 0 radical (unpaired) electrons. The van der Waals surface area contributed by atoms with Crippen molar-refractivity contribution in [3.05, 3.63) is 18.2 Å². The fourth-order valence-corrected chi connectivity index (χ4v) is 2.01. The van der Waals surface area contributed by atoms with E-state index in [9.17, 15) is 0 Å². The van der Waals surface area contributed by atoms with E-state index in [-0.39, 0.29) is 0 Å². The van der Waals surface area contributed by atoms with Crippen LogP contribution in [0.1, 0.15) is 32.0 Å². The molecule has 1 N–H and O–H groups in total. The van der Waals surface area contributed by atoms with E-state index in [2.05, 4.69) is 21.8 Å². The summed E-state index contributed by atoms with van der Waals surface area (Å²) >= 11 is 0. The van der Waals surface area contributed by atoms with Gasteiger partial charge in [-0.1, -0.05) is 12.8 Å². The van der Waals surface area contributed by atoms with Crippen LogP contribution in [0.15, 0.2) is 12.4 Å². The number of nitrogens with zero attached hydrogens (tertiary/aromatic N) is 2. The lowest BCUT2D eigenvalue weighted by Crippen LogP contribution is -2.29. The van der Waals surface area contributed by atoms with Crippen molar-refractivity contribution in [3.63, 3.8) is 0 Å². The lowest BCUT2D eigenvalue weighted by Gasteiger charge is -2.13. The molecule has 1 aliphatic carbocycles. The summed E-state index contributed by atoms with van der Waals surface area (Å²) in [4.78, 5) is 4.21. The van der Waals surface area contributed by atoms with E-state index in [4.69, 9.17) is 0 Å². The van der Waals surface area contributed by atoms with Gasteiger partial charge in [-0.15, -0.1) is 0 Å². The topological polar surface area (TPSA) is 29.9 Å². The first-order valence-electron chi connectivity index (χ1n) is 5.97. The molecule has 0 bridgehead atoms. The molecular formula is C12H21N3. The van der Waals surface area contributed by atoms with E-state index in [1.165, 1.54) is 19.3 Å². The van der Waals surface area contributed by atoms with E-state index in [0.29, 0.717) is 6.04 Å². The van der Waals surface area contributed by atoms with Crippen molar-refractivity contribution in [2.45, 2.75) is 45.7 Å². The van der Waals surface area contributed by atoms with Crippen LogP contribution in [0.2, 0.25) is 0 Å². The summed E-state index contributed by atoms with van der Waals surface area (Å²) in [6.45, 7) is 6.42. The molecule has 0 aliphatic heterocycles. The summed E-state index contributed by atoms with van der Waals surface area (Å²) in [5.41, 5.74) is 0. The van der Waals surface area contributed by atoms with Crippen LogP contribution in [0.4, 0.5) is 0 Å². The van der Waals surface area contributed by atoms with Crippen LogP contribution in [0, 0.1) is 12.8 Å². The van der Waals surface area contributed by atoms with Crippen LogP contribution in [0.25, 0.3) is 0 Å². The van der Waals surface area contributed by atoms with Crippen molar-refractivity contribution in [1.29, 1.82) is 0 Å². The van der Waals surface area contributed by atoms with Gasteiger partial charge in [-0.25, -0.2) is 4.98 Å². The second kappa shape index (κ2) is 4.79. The SMILES string of the molecule is Cc1nccn1CCNC(C)CC1CC1. The third-order valence-electron chi connectivity index (χ3n) is 3.15. The molecule has 1 saturated carbocycles. The zero-order valence-electron chi connectivity index (χ0n) is 9.74. The molecule has 1 aromatic heterocycles. The molecule has 1 atom stereocenters. The molecule has 0 amide bonds. The van der Waals surface area contributed by atoms with E-state index in [1.807, 2.05) is 19.3 Å². The molecule has 3 nitrogen and oxygen atoms in total. The van der Waals surface area contributed by atoms with E-state index < -0.39 is 0 Å². The highest BCUT2D eigenvalue weighted by Gasteiger charge is 2.23. The minimum absolute atomic E-state index is 0.668. The highest BCUT2D eigenvalue weighted by Crippen LogP contribution is 2.33. The molecule has 84 valence electrons. The summed E-state index contributed by atoms with van der Waals surface area (Å²) in [5, 5.41) is 3.57. The maximum absolute atomic E-state index is 4.21. The third-order valence-corrected chi connectivity index (χ3v) is 3.15. The zero-order chi connectivity index (χ0) is 10.7. The Morgan fingerprint density at radius 2 is 2.40 bits per heavy atom. The molecule has 0 saturated heterocycles. The summed E-state index contributed by atoms with van der Waals surface area (Å²) in [7, 11) is 0. The largest absolute Gasteiger partial charge is 0.334 e. The first-order valence-corrected chi connectivity index (χ1v) is 5.97. The van der Waals surface area contributed by atoms with Crippen molar-refractivity contribution in [2.75, 3.05) is 6.54 Å². The Bertz CT molecular complexity index is 302. The van der Waals surface area contributed by atoms with Gasteiger partial charge in [0.05, 0.1) is 0 Å². The summed E-state index contributed by atoms with van der Waals surface area (Å²) in [5.74, 6) is 2.12. The highest BCUT2D eigenvalue weighted by atomic mass is 15.1. The standard InChI is InChI=1S/C12H21N3/c1-10(9-12-3-4-12)13-5-7-15-8-6-14-11(15)2/h6,8,10,12-13H,3-5,7,9H2,1-2H3. The second-order valence-electron chi connectivity index (χ2n) is 4.70. The molecule has 1 unspecified atom stereocenters. The molecule has 1 aliphatic rings. The number of imidazole rings is 1. The maximum atomic E-state index is 4.21. The molecule has 0 spiro atoms. The van der Waals surface area contributed by atoms with Crippen molar-refractivity contribution in [1.82, 2.24) is 14.9 Å². The normalized spacial score (nSPS) is 18.0. The van der Waals surface area contributed by atoms with Crippen LogP contribution < -0.4 is 5.32 Å². The predicted octanol–water partition coefficient (Wildman–Crippen LogP) is 1.97. The number of nitrogens with one attached hydrogen (secondary N) is 1. The van der Waals surface area contributed by atoms with Gasteiger partial charge in [0.1, 0.15) is 5.82 Å². The van der Waals surface area contributed by atoms with E-state index in [0.717, 1.165) is 24.8 Å². The van der Waals surface area contributed by atoms with E-state index in [1.54, 1.807) is 0 Å². The quantitative estimate of drug-likeness (QED) is 0.773. The van der Waals surface area contributed by atoms with E-state index >= 15 is 0 Å². The zero-order valence-corrected chi connectivity index (χ0v) is 9.74. The average Bonchev–Trinajstić information content (AvgIpc) is 2.91. The van der Waals surface area contributed by atoms with Crippen molar-refractivity contribution < 1.29 is 0 Å². The van der Waals surface area contributed by atoms with Gasteiger partial charge in [0.15, 0.2) is 0 Å². The molecule has 2 rings (SSSR count). The van der Waals surface area contributed by atoms with Crippen molar-refractivity contribution in [2.24, 2.45) is 5.92 Å². The summed E-state index contributed by atoms with van der Waals surface area (Å²) < 4.78 is 2.19. The van der Waals surface area contributed by atoms with Gasteiger partial charge in [0.2, 0.25) is 0 Å². The maximum Gasteiger partial charge on any atom is 0.105 e. The Labute approximate surface area is 91.9 Å². The fourth-order valence-electron chi connectivity index (χ4n) is 2.01. The van der Waals surface area contributed by atoms with Crippen LogP contribution in [0.5, 0.6) is 0 Å². The highest BCUT2D eigenvalue weighted by molar-refractivity contribution is 4.88. The number of hydrogen-bond acceptors (Lipinski definition) is 2. The average molecular weight is 207 g/mol. The Hall–Kier alpha value is -0.830. The summed E-state index contributed by atoms with van der Waals surface area (Å²) in [6, 6.07) is 0.668. The lowest BCUT2D eigenvalue weighted by molar-refractivity contribution is 0.468. The van der Waals surface area contributed by atoms with Gasteiger partial charge in [0, 0.05) is 31.5 Å². The minimum atomic E-state index is 0.668. The monoisotopic (exact) mass is 207 g/mol. The second-order valence-corrected chi connectivity index (χ2v) is 4.70. The lowest BCUT2D eigenvalue weighted by atomic mass is 10.1. The van der Waals surface area contributed by atoms with Crippen LogP contribution in [-0.4, -0.2) is 22.1 Å². The first-order chi connectivity index (χ1) is 7.25. The third kappa shape index (κ3) is 3.34. The molecular weight excluding hydrogens is 186 g/mol. The first kappa shape index (κ1) is 10.7. The summed E-state index contributed by atoms with van der Waals surface area (Å²) in [6.07, 6.45) is 8.16. The van der Waals surface area contributed by atoms with Gasteiger partial charge in [0.25, 0.3) is 0 Å². The number of rotatable bonds is 6. The van der Waals surface area contributed by atoms with Gasteiger partial charge in [-0.05, 0) is 26.2 Å². The minimum Gasteiger partial charge on any atom is -0.334 e. The molecule has 1 fully saturated rings. The number of aryl methyl sites for hydroxylation is 1. The molecule has 3 heteroatoms. The van der Waals surface area contributed by atoms with Crippen molar-refractivity contribution >= 4 is 0 Å². The number of aromatic nitrogens is 2. The Balaban J connectivity index is 1.63. The molecule has 1 aromatic rings. The Morgan fingerprint density at radius 3 is 3.00 bits per heavy atom. The molecule has 0 aromatic carbocycles. The van der Waals surface area contributed by atoms with Crippen LogP contribution in [0.3, 0.4) is 0 Å². The van der Waals surface area contributed by atoms with Gasteiger partial charge >= 0.3 is 0 Å². The Morgan fingerprint density at radius 1 is 1.60 bits per heavy atom. The Kier molecular flexibility index (Phi) is 3.41. The number of hydrogen-bond donors (Lipinski definition) is 1. The van der Waals surface area contributed by atoms with Gasteiger partial charge in [-0.3, -0.25) is 0 Å². The van der Waals surface area contributed by atoms with Crippen molar-refractivity contribution in [3.8, 4) is 0 Å². The smallest absolute Gasteiger partial charge is 0.105 e. The molecule has 1 heterocycles. The molecule has 15 heavy (non-hydrogen) atoms.